The maximum absolute atomic E-state index is 13.2. The zero-order chi connectivity index (χ0) is 27.2. The number of nitrogens with zero attached hydrogens (tertiary/aromatic N) is 4. The Morgan fingerprint density at radius 2 is 1.84 bits per heavy atom. The van der Waals surface area contributed by atoms with Gasteiger partial charge in [-0.15, -0.1) is 0 Å². The van der Waals surface area contributed by atoms with E-state index < -0.39 is 33.5 Å². The standard InChI is InChI=1S/C26H20F3N5O3S/c1-15-22(25(35)32-19-10-11-38(36,37)14-19)24-31-13-21(20-5-3-2-4-17(20)12-30)23(34(24)33-15)16-6-8-18(9-7-16)26(27,28)29/h2-9,13,19H,10-11,14H2,1H3,(H,32,35)/t19-/m1/s1. The summed E-state index contributed by atoms with van der Waals surface area (Å²) in [5.74, 6) is -0.712. The summed E-state index contributed by atoms with van der Waals surface area (Å²) in [7, 11) is -3.22. The van der Waals surface area contributed by atoms with E-state index in [0.717, 1.165) is 12.1 Å². The molecule has 0 radical (unpaired) electrons. The molecular formula is C26H20F3N5O3S. The first kappa shape index (κ1) is 25.4. The van der Waals surface area contributed by atoms with Gasteiger partial charge in [0.05, 0.1) is 40.1 Å². The van der Waals surface area contributed by atoms with Gasteiger partial charge in [0.25, 0.3) is 5.91 Å². The van der Waals surface area contributed by atoms with Gasteiger partial charge in [-0.2, -0.15) is 23.5 Å². The fourth-order valence-corrected chi connectivity index (χ4v) is 6.30. The molecule has 0 spiro atoms. The van der Waals surface area contributed by atoms with Crippen LogP contribution < -0.4 is 5.32 Å². The Hall–Kier alpha value is -4.24. The fraction of sp³-hybridized carbons (Fsp3) is 0.231. The molecule has 8 nitrogen and oxygen atoms in total. The van der Waals surface area contributed by atoms with Crippen LogP contribution in [-0.4, -0.2) is 46.5 Å². The number of sulfone groups is 1. The average molecular weight is 540 g/mol. The number of alkyl halides is 3. The van der Waals surface area contributed by atoms with Crippen LogP contribution in [0.1, 0.15) is 33.6 Å². The molecule has 3 heterocycles. The number of aromatic nitrogens is 3. The Labute approximate surface area is 215 Å². The number of benzene rings is 2. The number of carbonyl (C=O) groups is 1. The number of nitrogens with one attached hydrogen (secondary N) is 1. The number of hydrogen-bond acceptors (Lipinski definition) is 6. The van der Waals surface area contributed by atoms with Crippen LogP contribution in [0, 0.1) is 18.3 Å². The van der Waals surface area contributed by atoms with Gasteiger partial charge in [0.2, 0.25) is 0 Å². The van der Waals surface area contributed by atoms with Crippen LogP contribution in [-0.2, 0) is 16.0 Å². The van der Waals surface area contributed by atoms with E-state index in [9.17, 15) is 31.6 Å². The molecule has 0 saturated carbocycles. The first-order chi connectivity index (χ1) is 18.0. The lowest BCUT2D eigenvalue weighted by Crippen LogP contribution is -2.35. The van der Waals surface area contributed by atoms with E-state index in [4.69, 9.17) is 0 Å². The molecule has 1 N–H and O–H groups in total. The molecule has 0 aliphatic carbocycles. The molecule has 1 aliphatic rings. The van der Waals surface area contributed by atoms with Crippen LogP contribution in [0.15, 0.2) is 54.7 Å². The van der Waals surface area contributed by atoms with Gasteiger partial charge in [-0.05, 0) is 31.5 Å². The summed E-state index contributed by atoms with van der Waals surface area (Å²) in [4.78, 5) is 17.7. The van der Waals surface area contributed by atoms with Crippen molar-refractivity contribution >= 4 is 21.4 Å². The van der Waals surface area contributed by atoms with Crippen LogP contribution in [0.2, 0.25) is 0 Å². The maximum atomic E-state index is 13.2. The van der Waals surface area contributed by atoms with E-state index in [-0.39, 0.29) is 22.7 Å². The van der Waals surface area contributed by atoms with E-state index in [2.05, 4.69) is 21.5 Å². The molecule has 194 valence electrons. The highest BCUT2D eigenvalue weighted by Crippen LogP contribution is 2.37. The Bertz CT molecular complexity index is 1720. The number of amides is 1. The summed E-state index contributed by atoms with van der Waals surface area (Å²) in [5, 5.41) is 16.9. The van der Waals surface area contributed by atoms with Gasteiger partial charge in [0, 0.05) is 28.9 Å². The number of carbonyl (C=O) groups excluding carboxylic acids is 1. The summed E-state index contributed by atoms with van der Waals surface area (Å²) in [6, 6.07) is 12.8. The van der Waals surface area contributed by atoms with Gasteiger partial charge >= 0.3 is 6.18 Å². The molecule has 0 unspecified atom stereocenters. The van der Waals surface area contributed by atoms with Crippen molar-refractivity contribution in [3.8, 4) is 28.5 Å². The molecule has 2 aromatic carbocycles. The van der Waals surface area contributed by atoms with E-state index in [1.807, 2.05) is 0 Å². The smallest absolute Gasteiger partial charge is 0.348 e. The van der Waals surface area contributed by atoms with Crippen LogP contribution >= 0.6 is 0 Å². The highest BCUT2D eigenvalue weighted by molar-refractivity contribution is 7.91. The van der Waals surface area contributed by atoms with Gasteiger partial charge in [-0.3, -0.25) is 4.79 Å². The summed E-state index contributed by atoms with van der Waals surface area (Å²) in [6.45, 7) is 1.59. The number of rotatable bonds is 4. The van der Waals surface area contributed by atoms with E-state index >= 15 is 0 Å². The van der Waals surface area contributed by atoms with Crippen molar-refractivity contribution in [2.24, 2.45) is 0 Å². The highest BCUT2D eigenvalue weighted by Gasteiger charge is 2.32. The predicted molar refractivity (Wildman–Crippen MR) is 133 cm³/mol. The SMILES string of the molecule is Cc1nn2c(-c3ccc(C(F)(F)F)cc3)c(-c3ccccc3C#N)cnc2c1C(=O)N[C@@H]1CCS(=O)(=O)C1. The van der Waals surface area contributed by atoms with Gasteiger partial charge in [0.1, 0.15) is 5.56 Å². The molecule has 1 saturated heterocycles. The summed E-state index contributed by atoms with van der Waals surface area (Å²) in [5.41, 5.74) is 1.72. The third-order valence-electron chi connectivity index (χ3n) is 6.44. The maximum Gasteiger partial charge on any atom is 0.416 e. The van der Waals surface area contributed by atoms with E-state index in [1.54, 1.807) is 31.2 Å². The second-order valence-electron chi connectivity index (χ2n) is 9.02. The molecule has 1 amide bonds. The fourth-order valence-electron chi connectivity index (χ4n) is 4.63. The molecule has 2 aromatic heterocycles. The minimum Gasteiger partial charge on any atom is -0.348 e. The number of fused-ring (bicyclic) bond motifs is 1. The zero-order valence-electron chi connectivity index (χ0n) is 20.0. The second kappa shape index (κ2) is 9.25. The van der Waals surface area contributed by atoms with Gasteiger partial charge in [0.15, 0.2) is 15.5 Å². The number of hydrogen-bond donors (Lipinski definition) is 1. The van der Waals surface area contributed by atoms with Crippen LogP contribution in [0.25, 0.3) is 28.0 Å². The molecule has 5 rings (SSSR count). The predicted octanol–water partition coefficient (Wildman–Crippen LogP) is 4.18. The molecule has 1 atom stereocenters. The van der Waals surface area contributed by atoms with Crippen molar-refractivity contribution in [1.82, 2.24) is 19.9 Å². The van der Waals surface area contributed by atoms with Gasteiger partial charge in [-0.25, -0.2) is 17.9 Å². The lowest BCUT2D eigenvalue weighted by atomic mass is 9.96. The van der Waals surface area contributed by atoms with Gasteiger partial charge < -0.3 is 5.32 Å². The summed E-state index contributed by atoms with van der Waals surface area (Å²) < 4.78 is 64.7. The third kappa shape index (κ3) is 4.61. The molecular weight excluding hydrogens is 519 g/mol. The Morgan fingerprint density at radius 3 is 2.47 bits per heavy atom. The van der Waals surface area contributed by atoms with Crippen molar-refractivity contribution < 1.29 is 26.4 Å². The zero-order valence-corrected chi connectivity index (χ0v) is 20.8. The van der Waals surface area contributed by atoms with Crippen molar-refractivity contribution in [3.63, 3.8) is 0 Å². The Morgan fingerprint density at radius 1 is 1.13 bits per heavy atom. The molecule has 38 heavy (non-hydrogen) atoms. The Kier molecular flexibility index (Phi) is 6.19. The lowest BCUT2D eigenvalue weighted by Gasteiger charge is -2.14. The summed E-state index contributed by atoms with van der Waals surface area (Å²) >= 11 is 0. The quantitative estimate of drug-likeness (QED) is 0.416. The average Bonchev–Trinajstić information content (AvgIpc) is 3.40. The van der Waals surface area contributed by atoms with E-state index in [1.165, 1.54) is 22.8 Å². The number of nitriles is 1. The monoisotopic (exact) mass is 539 g/mol. The molecule has 1 fully saturated rings. The van der Waals surface area contributed by atoms with Crippen LogP contribution in [0.3, 0.4) is 0 Å². The lowest BCUT2D eigenvalue weighted by molar-refractivity contribution is -0.137. The first-order valence-corrected chi connectivity index (χ1v) is 13.4. The molecule has 4 aromatic rings. The largest absolute Gasteiger partial charge is 0.416 e. The second-order valence-corrected chi connectivity index (χ2v) is 11.3. The van der Waals surface area contributed by atoms with Crippen LogP contribution in [0.5, 0.6) is 0 Å². The molecule has 0 bridgehead atoms. The number of halogens is 3. The van der Waals surface area contributed by atoms with E-state index in [0.29, 0.717) is 40.1 Å². The minimum atomic E-state index is -4.52. The number of aryl methyl sites for hydroxylation is 1. The van der Waals surface area contributed by atoms with Crippen molar-refractivity contribution in [2.75, 3.05) is 11.5 Å². The van der Waals surface area contributed by atoms with Crippen molar-refractivity contribution in [1.29, 1.82) is 5.26 Å². The molecule has 12 heteroatoms. The highest BCUT2D eigenvalue weighted by atomic mass is 32.2. The molecule has 1 aliphatic heterocycles. The first-order valence-electron chi connectivity index (χ1n) is 11.6. The van der Waals surface area contributed by atoms with Crippen molar-refractivity contribution in [3.05, 3.63) is 77.1 Å². The van der Waals surface area contributed by atoms with Crippen molar-refractivity contribution in [2.45, 2.75) is 25.6 Å². The third-order valence-corrected chi connectivity index (χ3v) is 8.20. The van der Waals surface area contributed by atoms with Gasteiger partial charge in [-0.1, -0.05) is 30.3 Å². The normalized spacial score (nSPS) is 16.9. The Balaban J connectivity index is 1.69. The topological polar surface area (TPSA) is 117 Å². The minimum absolute atomic E-state index is 0.0102. The van der Waals surface area contributed by atoms with Crippen LogP contribution in [0.4, 0.5) is 13.2 Å². The summed E-state index contributed by atoms with van der Waals surface area (Å²) in [6.07, 6.45) is -2.77.